The van der Waals surface area contributed by atoms with E-state index in [0.29, 0.717) is 0 Å². The monoisotopic (exact) mass is 192 g/mol. The Bertz CT molecular complexity index is 310. The van der Waals surface area contributed by atoms with Gasteiger partial charge in [0.05, 0.1) is 6.61 Å². The molecule has 0 bridgehead atoms. The highest BCUT2D eigenvalue weighted by molar-refractivity contribution is 5.59. The number of hydrogen-bond donors (Lipinski definition) is 0. The van der Waals surface area contributed by atoms with Crippen molar-refractivity contribution in [2.24, 2.45) is 11.3 Å². The average molecular weight is 192 g/mol. The molecule has 76 valence electrons. The number of rotatable bonds is 1. The molecule has 1 unspecified atom stereocenters. The van der Waals surface area contributed by atoms with Crippen molar-refractivity contribution >= 4 is 6.29 Å². The third kappa shape index (κ3) is 1.49. The van der Waals surface area contributed by atoms with Gasteiger partial charge in [-0.25, -0.2) is 0 Å². The highest BCUT2D eigenvalue weighted by Gasteiger charge is 2.33. The van der Waals surface area contributed by atoms with Crippen LogP contribution in [0.1, 0.15) is 26.7 Å². The first-order valence-corrected chi connectivity index (χ1v) is 5.14. The molecule has 1 aliphatic heterocycles. The molecule has 1 heterocycles. The van der Waals surface area contributed by atoms with Crippen LogP contribution in [0.5, 0.6) is 0 Å². The van der Waals surface area contributed by atoms with E-state index in [1.54, 1.807) is 0 Å². The second kappa shape index (κ2) is 3.26. The van der Waals surface area contributed by atoms with Gasteiger partial charge in [-0.15, -0.1) is 0 Å². The van der Waals surface area contributed by atoms with Gasteiger partial charge in [0.1, 0.15) is 12.0 Å². The van der Waals surface area contributed by atoms with Crippen molar-refractivity contribution in [1.29, 1.82) is 0 Å². The van der Waals surface area contributed by atoms with E-state index in [2.05, 4.69) is 26.0 Å². The van der Waals surface area contributed by atoms with Crippen LogP contribution in [-0.2, 0) is 9.53 Å². The van der Waals surface area contributed by atoms with Gasteiger partial charge in [-0.2, -0.15) is 0 Å². The van der Waals surface area contributed by atoms with Crippen molar-refractivity contribution in [2.75, 3.05) is 6.61 Å². The molecule has 0 amide bonds. The van der Waals surface area contributed by atoms with Gasteiger partial charge in [0.2, 0.25) is 0 Å². The third-order valence-electron chi connectivity index (χ3n) is 3.11. The number of hydrogen-bond acceptors (Lipinski definition) is 2. The Morgan fingerprint density at radius 1 is 1.57 bits per heavy atom. The van der Waals surface area contributed by atoms with Crippen molar-refractivity contribution in [2.45, 2.75) is 26.7 Å². The molecular weight excluding hydrogens is 176 g/mol. The lowest BCUT2D eigenvalue weighted by Gasteiger charge is -2.37. The molecule has 2 nitrogen and oxygen atoms in total. The number of ether oxygens (including phenoxy) is 1. The van der Waals surface area contributed by atoms with Gasteiger partial charge < -0.3 is 9.53 Å². The highest BCUT2D eigenvalue weighted by atomic mass is 16.5. The summed E-state index contributed by atoms with van der Waals surface area (Å²) in [5.41, 5.74) is 1.37. The minimum atomic E-state index is 0.0507. The van der Waals surface area contributed by atoms with E-state index in [1.165, 1.54) is 5.57 Å². The molecule has 14 heavy (non-hydrogen) atoms. The number of fused-ring (bicyclic) bond motifs is 1. The molecule has 1 fully saturated rings. The van der Waals surface area contributed by atoms with E-state index in [9.17, 15) is 4.79 Å². The van der Waals surface area contributed by atoms with Crippen LogP contribution in [0.15, 0.2) is 23.5 Å². The van der Waals surface area contributed by atoms with Crippen LogP contribution >= 0.6 is 0 Å². The Labute approximate surface area is 84.6 Å². The van der Waals surface area contributed by atoms with Crippen LogP contribution in [0.4, 0.5) is 0 Å². The van der Waals surface area contributed by atoms with Gasteiger partial charge in [-0.3, -0.25) is 0 Å². The van der Waals surface area contributed by atoms with Gasteiger partial charge >= 0.3 is 0 Å². The zero-order valence-corrected chi connectivity index (χ0v) is 8.75. The molecule has 0 aromatic heterocycles. The first kappa shape index (κ1) is 9.50. The molecule has 0 radical (unpaired) electrons. The zero-order valence-electron chi connectivity index (χ0n) is 8.75. The molecule has 1 atom stereocenters. The Morgan fingerprint density at radius 2 is 2.36 bits per heavy atom. The summed E-state index contributed by atoms with van der Waals surface area (Å²) in [5, 5.41) is 0. The molecule has 0 saturated carbocycles. The second-order valence-corrected chi connectivity index (χ2v) is 4.67. The summed E-state index contributed by atoms with van der Waals surface area (Å²) in [6.07, 6.45) is 6.96. The maximum absolute atomic E-state index is 10.7. The summed E-state index contributed by atoms with van der Waals surface area (Å²) >= 11 is 0. The van der Waals surface area contributed by atoms with Crippen molar-refractivity contribution < 1.29 is 9.53 Å². The van der Waals surface area contributed by atoms with Gasteiger partial charge in [-0.1, -0.05) is 19.9 Å². The molecular formula is C12H16O2. The molecule has 2 heteroatoms. The molecule has 0 aromatic carbocycles. The van der Waals surface area contributed by atoms with Gasteiger partial charge in [0, 0.05) is 5.92 Å². The van der Waals surface area contributed by atoms with Crippen LogP contribution in [0.2, 0.25) is 0 Å². The van der Waals surface area contributed by atoms with E-state index in [4.69, 9.17) is 4.74 Å². The third-order valence-corrected chi connectivity index (χ3v) is 3.11. The number of allylic oxidation sites excluding steroid dienone is 3. The van der Waals surface area contributed by atoms with E-state index in [0.717, 1.165) is 31.5 Å². The summed E-state index contributed by atoms with van der Waals surface area (Å²) in [6, 6.07) is 0. The molecule has 1 saturated heterocycles. The topological polar surface area (TPSA) is 26.3 Å². The standard InChI is InChI=1S/C12H16O2/c1-12(2)5-6-14-11-4-3-9(8-13)7-10(11)12/h4,7-9H,3,5-6H2,1-2H3. The van der Waals surface area contributed by atoms with E-state index in [1.807, 2.05) is 0 Å². The number of carbonyl (C=O) groups excluding carboxylic acids is 1. The SMILES string of the molecule is CC1(C)CCOC2=CCC(C=O)C=C21. The second-order valence-electron chi connectivity index (χ2n) is 4.67. The van der Waals surface area contributed by atoms with Crippen molar-refractivity contribution in [3.63, 3.8) is 0 Å². The minimum Gasteiger partial charge on any atom is -0.494 e. The van der Waals surface area contributed by atoms with E-state index < -0.39 is 0 Å². The predicted octanol–water partition coefficient (Wildman–Crippen LogP) is 2.46. The Balaban J connectivity index is 2.33. The van der Waals surface area contributed by atoms with E-state index in [-0.39, 0.29) is 11.3 Å². The van der Waals surface area contributed by atoms with Crippen LogP contribution < -0.4 is 0 Å². The molecule has 2 rings (SSSR count). The van der Waals surface area contributed by atoms with Crippen LogP contribution in [-0.4, -0.2) is 12.9 Å². The minimum absolute atomic E-state index is 0.0507. The summed E-state index contributed by atoms with van der Waals surface area (Å²) in [4.78, 5) is 10.7. The van der Waals surface area contributed by atoms with Crippen LogP contribution in [0, 0.1) is 11.3 Å². The van der Waals surface area contributed by atoms with E-state index >= 15 is 0 Å². The predicted molar refractivity (Wildman–Crippen MR) is 54.7 cm³/mol. The van der Waals surface area contributed by atoms with Crippen molar-refractivity contribution in [3.05, 3.63) is 23.5 Å². The van der Waals surface area contributed by atoms with Crippen molar-refractivity contribution in [1.82, 2.24) is 0 Å². The largest absolute Gasteiger partial charge is 0.494 e. The van der Waals surface area contributed by atoms with Gasteiger partial charge in [0.15, 0.2) is 0 Å². The van der Waals surface area contributed by atoms with Crippen LogP contribution in [0.3, 0.4) is 0 Å². The summed E-state index contributed by atoms with van der Waals surface area (Å²) in [7, 11) is 0. The Kier molecular flexibility index (Phi) is 2.22. The molecule has 0 aromatic rings. The lowest BCUT2D eigenvalue weighted by atomic mass is 9.75. The fraction of sp³-hybridized carbons (Fsp3) is 0.583. The smallest absolute Gasteiger partial charge is 0.127 e. The summed E-state index contributed by atoms with van der Waals surface area (Å²) in [6.45, 7) is 5.21. The normalized spacial score (nSPS) is 29.4. The molecule has 1 aliphatic carbocycles. The van der Waals surface area contributed by atoms with Crippen LogP contribution in [0.25, 0.3) is 0 Å². The number of carbonyl (C=O) groups is 1. The van der Waals surface area contributed by atoms with Crippen molar-refractivity contribution in [3.8, 4) is 0 Å². The maximum Gasteiger partial charge on any atom is 0.127 e. The van der Waals surface area contributed by atoms with Gasteiger partial charge in [-0.05, 0) is 29.9 Å². The maximum atomic E-state index is 10.7. The average Bonchev–Trinajstić information content (AvgIpc) is 2.17. The lowest BCUT2D eigenvalue weighted by Crippen LogP contribution is -2.27. The first-order valence-electron chi connectivity index (χ1n) is 5.14. The summed E-state index contributed by atoms with van der Waals surface area (Å²) in [5.74, 6) is 1.05. The summed E-state index contributed by atoms with van der Waals surface area (Å²) < 4.78 is 5.59. The molecule has 2 aliphatic rings. The molecule has 0 spiro atoms. The fourth-order valence-electron chi connectivity index (χ4n) is 2.06. The Hall–Kier alpha value is -1.05. The number of aldehydes is 1. The Morgan fingerprint density at radius 3 is 3.07 bits per heavy atom. The van der Waals surface area contributed by atoms with Gasteiger partial charge in [0.25, 0.3) is 0 Å². The zero-order chi connectivity index (χ0) is 10.2. The molecule has 0 N–H and O–H groups in total. The fourth-order valence-corrected chi connectivity index (χ4v) is 2.06. The first-order chi connectivity index (χ1) is 6.63. The quantitative estimate of drug-likeness (QED) is 0.596. The highest BCUT2D eigenvalue weighted by Crippen LogP contribution is 2.42. The lowest BCUT2D eigenvalue weighted by molar-refractivity contribution is -0.109.